The maximum atomic E-state index is 8.38. The van der Waals surface area contributed by atoms with Gasteiger partial charge in [0.2, 0.25) is 0 Å². The van der Waals surface area contributed by atoms with Crippen LogP contribution in [0.3, 0.4) is 0 Å². The zero-order chi connectivity index (χ0) is 5.15. The van der Waals surface area contributed by atoms with Crippen LogP contribution in [0.4, 0.5) is 0 Å². The van der Waals surface area contributed by atoms with E-state index in [2.05, 4.69) is 0 Å². The Hall–Kier alpha value is 0.920. The summed E-state index contributed by atoms with van der Waals surface area (Å²) in [6.07, 6.45) is -1.19. The van der Waals surface area contributed by atoms with Crippen LogP contribution < -0.4 is 29.6 Å². The smallest absolute Gasteiger partial charge is 1.00 e. The maximum absolute atomic E-state index is 8.38. The summed E-state index contributed by atoms with van der Waals surface area (Å²) in [6, 6.07) is 0. The monoisotopic (exact) mass is 114 g/mol. The summed E-state index contributed by atoms with van der Waals surface area (Å²) < 4.78 is 0. The standard InChI is InChI=1S/C4H10O2.Na.H/c1-3(5)4(2)6;;/h3-6H,1-2H3;;/q;+1;-1. The van der Waals surface area contributed by atoms with Gasteiger partial charge in [-0.3, -0.25) is 0 Å². The first-order chi connectivity index (χ1) is 2.64. The molecule has 2 unspecified atom stereocenters. The topological polar surface area (TPSA) is 40.5 Å². The van der Waals surface area contributed by atoms with E-state index in [9.17, 15) is 0 Å². The minimum atomic E-state index is -0.593. The van der Waals surface area contributed by atoms with E-state index in [1.165, 1.54) is 0 Å². The van der Waals surface area contributed by atoms with Gasteiger partial charge in [0.25, 0.3) is 0 Å². The van der Waals surface area contributed by atoms with Crippen LogP contribution in [-0.2, 0) is 0 Å². The number of rotatable bonds is 1. The number of hydrogen-bond acceptors (Lipinski definition) is 2. The summed E-state index contributed by atoms with van der Waals surface area (Å²) in [7, 11) is 0. The fourth-order valence-corrected chi connectivity index (χ4v) is 0. The molecule has 0 rings (SSSR count). The van der Waals surface area contributed by atoms with Gasteiger partial charge in [-0.1, -0.05) is 0 Å². The summed E-state index contributed by atoms with van der Waals surface area (Å²) in [5.41, 5.74) is 0. The summed E-state index contributed by atoms with van der Waals surface area (Å²) in [5, 5.41) is 16.8. The Balaban J connectivity index is -0.000000125. The van der Waals surface area contributed by atoms with Gasteiger partial charge in [0.05, 0.1) is 12.2 Å². The second-order valence-corrected chi connectivity index (χ2v) is 1.48. The predicted molar refractivity (Wildman–Crippen MR) is 24.5 cm³/mol. The molecule has 0 spiro atoms. The maximum Gasteiger partial charge on any atom is 1.00 e. The van der Waals surface area contributed by atoms with Crippen molar-refractivity contribution >= 4 is 0 Å². The van der Waals surface area contributed by atoms with Gasteiger partial charge in [0.1, 0.15) is 0 Å². The van der Waals surface area contributed by atoms with Crippen molar-refractivity contribution in [2.75, 3.05) is 0 Å². The third-order valence-electron chi connectivity index (χ3n) is 0.698. The van der Waals surface area contributed by atoms with Crippen LogP contribution in [0.1, 0.15) is 15.3 Å². The van der Waals surface area contributed by atoms with Gasteiger partial charge in [-0.15, -0.1) is 0 Å². The quantitative estimate of drug-likeness (QED) is 0.354. The normalized spacial score (nSPS) is 17.1. The molecule has 7 heavy (non-hydrogen) atoms. The first-order valence-corrected chi connectivity index (χ1v) is 2.00. The van der Waals surface area contributed by atoms with Gasteiger partial charge in [-0.2, -0.15) is 0 Å². The van der Waals surface area contributed by atoms with Crippen molar-refractivity contribution in [3.05, 3.63) is 0 Å². The summed E-state index contributed by atoms with van der Waals surface area (Å²) >= 11 is 0. The molecular weight excluding hydrogens is 103 g/mol. The molecule has 40 valence electrons. The Morgan fingerprint density at radius 2 is 1.29 bits per heavy atom. The molecule has 0 aromatic rings. The molecule has 0 amide bonds. The molecule has 0 aliphatic rings. The third-order valence-corrected chi connectivity index (χ3v) is 0.698. The van der Waals surface area contributed by atoms with Crippen LogP contribution in [0.2, 0.25) is 0 Å². The molecule has 2 atom stereocenters. The molecule has 0 heterocycles. The fraction of sp³-hybridized carbons (Fsp3) is 1.00. The molecule has 0 aromatic carbocycles. The average Bonchev–Trinajstić information content (AvgIpc) is 1.36. The molecule has 0 bridgehead atoms. The Morgan fingerprint density at radius 1 is 1.14 bits per heavy atom. The Kier molecular flexibility index (Phi) is 7.83. The second kappa shape index (κ2) is 5.06. The Morgan fingerprint density at radius 3 is 1.29 bits per heavy atom. The van der Waals surface area contributed by atoms with Crippen molar-refractivity contribution in [3.8, 4) is 0 Å². The summed E-state index contributed by atoms with van der Waals surface area (Å²) in [6.45, 7) is 3.09. The largest absolute Gasteiger partial charge is 1.00 e. The van der Waals surface area contributed by atoms with Gasteiger partial charge in [0, 0.05) is 0 Å². The molecule has 0 aliphatic heterocycles. The van der Waals surface area contributed by atoms with Crippen molar-refractivity contribution in [1.29, 1.82) is 0 Å². The van der Waals surface area contributed by atoms with Crippen molar-refractivity contribution in [2.24, 2.45) is 0 Å². The molecule has 0 fully saturated rings. The molecular formula is C4H11NaO2. The summed E-state index contributed by atoms with van der Waals surface area (Å²) in [5.74, 6) is 0. The molecule has 3 heteroatoms. The van der Waals surface area contributed by atoms with Crippen molar-refractivity contribution in [1.82, 2.24) is 0 Å². The van der Waals surface area contributed by atoms with Gasteiger partial charge < -0.3 is 11.6 Å². The van der Waals surface area contributed by atoms with Gasteiger partial charge >= 0.3 is 29.6 Å². The van der Waals surface area contributed by atoms with E-state index >= 15 is 0 Å². The minimum absolute atomic E-state index is 0. The van der Waals surface area contributed by atoms with Gasteiger partial charge in [-0.05, 0) is 13.8 Å². The van der Waals surface area contributed by atoms with Crippen LogP contribution in [0.5, 0.6) is 0 Å². The first-order valence-electron chi connectivity index (χ1n) is 2.00. The molecule has 0 saturated carbocycles. The van der Waals surface area contributed by atoms with Crippen molar-refractivity contribution < 1.29 is 41.2 Å². The molecule has 2 nitrogen and oxygen atoms in total. The van der Waals surface area contributed by atoms with Crippen molar-refractivity contribution in [2.45, 2.75) is 26.1 Å². The zero-order valence-corrected chi connectivity index (χ0v) is 7.05. The molecule has 2 N–H and O–H groups in total. The predicted octanol–water partition coefficient (Wildman–Crippen LogP) is -3.14. The second-order valence-electron chi connectivity index (χ2n) is 1.48. The van der Waals surface area contributed by atoms with Crippen molar-refractivity contribution in [3.63, 3.8) is 0 Å². The molecule has 0 aliphatic carbocycles. The molecule has 0 saturated heterocycles. The van der Waals surface area contributed by atoms with Crippen LogP contribution in [0, 0.1) is 0 Å². The first kappa shape index (κ1) is 10.8. The van der Waals surface area contributed by atoms with E-state index in [-0.39, 0.29) is 31.0 Å². The van der Waals surface area contributed by atoms with E-state index in [4.69, 9.17) is 10.2 Å². The van der Waals surface area contributed by atoms with E-state index in [0.717, 1.165) is 0 Å². The van der Waals surface area contributed by atoms with Crippen LogP contribution in [-0.4, -0.2) is 22.4 Å². The number of aliphatic hydroxyl groups excluding tert-OH is 2. The van der Waals surface area contributed by atoms with E-state index < -0.39 is 12.2 Å². The molecule has 0 radical (unpaired) electrons. The van der Waals surface area contributed by atoms with E-state index in [1.54, 1.807) is 13.8 Å². The van der Waals surface area contributed by atoms with Gasteiger partial charge in [0.15, 0.2) is 0 Å². The number of aliphatic hydroxyl groups is 2. The fourth-order valence-electron chi connectivity index (χ4n) is 0. The minimum Gasteiger partial charge on any atom is -1.00 e. The van der Waals surface area contributed by atoms with Gasteiger partial charge in [-0.25, -0.2) is 0 Å². The Labute approximate surface area is 67.3 Å². The van der Waals surface area contributed by atoms with Crippen LogP contribution in [0.25, 0.3) is 0 Å². The third kappa shape index (κ3) is 6.92. The Bertz CT molecular complexity index is 35.0. The van der Waals surface area contributed by atoms with Crippen LogP contribution in [0.15, 0.2) is 0 Å². The SMILES string of the molecule is CC(O)C(C)O.[H-].[Na+]. The summed E-state index contributed by atoms with van der Waals surface area (Å²) in [4.78, 5) is 0. The zero-order valence-electron chi connectivity index (χ0n) is 6.05. The van der Waals surface area contributed by atoms with E-state index in [0.29, 0.717) is 0 Å². The molecule has 0 aromatic heterocycles. The average molecular weight is 114 g/mol. The number of hydrogen-bond donors (Lipinski definition) is 2. The van der Waals surface area contributed by atoms with E-state index in [1.807, 2.05) is 0 Å². The van der Waals surface area contributed by atoms with Crippen LogP contribution >= 0.6 is 0 Å².